The Morgan fingerprint density at radius 1 is 1.07 bits per heavy atom. The van der Waals surface area contributed by atoms with Gasteiger partial charge in [-0.05, 0) is 37.3 Å². The van der Waals surface area contributed by atoms with Gasteiger partial charge in [-0.1, -0.05) is 11.6 Å². The molecule has 0 unspecified atom stereocenters. The number of esters is 1. The average Bonchev–Trinajstić information content (AvgIpc) is 3.12. The maximum absolute atomic E-state index is 12.1. The van der Waals surface area contributed by atoms with Gasteiger partial charge >= 0.3 is 5.97 Å². The van der Waals surface area contributed by atoms with Crippen LogP contribution in [-0.2, 0) is 14.3 Å². The maximum Gasteiger partial charge on any atom is 0.344 e. The Kier molecular flexibility index (Phi) is 6.00. The number of nitrogens with one attached hydrogen (secondary N) is 1. The van der Waals surface area contributed by atoms with Crippen molar-refractivity contribution in [3.05, 3.63) is 47.0 Å². The van der Waals surface area contributed by atoms with Crippen LogP contribution in [0.1, 0.15) is 17.3 Å². The Balaban J connectivity index is 1.52. The van der Waals surface area contributed by atoms with Crippen LogP contribution >= 0.6 is 11.6 Å². The molecule has 0 radical (unpaired) electrons. The molecule has 0 saturated carbocycles. The molecule has 28 heavy (non-hydrogen) atoms. The van der Waals surface area contributed by atoms with E-state index in [4.69, 9.17) is 30.5 Å². The van der Waals surface area contributed by atoms with E-state index < -0.39 is 18.5 Å². The molecule has 0 aromatic heterocycles. The summed E-state index contributed by atoms with van der Waals surface area (Å²) < 4.78 is 20.6. The van der Waals surface area contributed by atoms with Gasteiger partial charge in [0.2, 0.25) is 6.79 Å². The third-order valence-electron chi connectivity index (χ3n) is 3.70. The van der Waals surface area contributed by atoms with Gasteiger partial charge in [-0.25, -0.2) is 4.79 Å². The second kappa shape index (κ2) is 8.62. The van der Waals surface area contributed by atoms with Crippen molar-refractivity contribution >= 4 is 34.9 Å². The molecule has 3 rings (SSSR count). The topological polar surface area (TPSA) is 100 Å². The maximum atomic E-state index is 12.1. The van der Waals surface area contributed by atoms with Gasteiger partial charge < -0.3 is 24.3 Å². The number of carbonyl (C=O) groups excluding carboxylic acids is 3. The zero-order valence-corrected chi connectivity index (χ0v) is 15.6. The Bertz CT molecular complexity index is 911. The second-order valence-corrected chi connectivity index (χ2v) is 6.20. The molecule has 0 fully saturated rings. The van der Waals surface area contributed by atoms with Crippen LogP contribution in [0.5, 0.6) is 17.2 Å². The minimum absolute atomic E-state index is 0.0370. The summed E-state index contributed by atoms with van der Waals surface area (Å²) in [4.78, 5) is 35.6. The molecule has 8 nitrogen and oxygen atoms in total. The van der Waals surface area contributed by atoms with Gasteiger partial charge in [0.25, 0.3) is 5.91 Å². The van der Waals surface area contributed by atoms with Gasteiger partial charge in [0.15, 0.2) is 30.5 Å². The largest absolute Gasteiger partial charge is 0.482 e. The van der Waals surface area contributed by atoms with Gasteiger partial charge in [0.05, 0.1) is 5.69 Å². The quantitative estimate of drug-likeness (QED) is 0.558. The number of anilines is 1. The monoisotopic (exact) mass is 405 g/mol. The van der Waals surface area contributed by atoms with Crippen LogP contribution in [0.25, 0.3) is 0 Å². The van der Waals surface area contributed by atoms with Crippen molar-refractivity contribution in [2.75, 3.05) is 25.3 Å². The van der Waals surface area contributed by atoms with Crippen molar-refractivity contribution in [3.63, 3.8) is 0 Å². The SMILES string of the molecule is CC(=O)c1cc2c(cc1NC(=O)COC(=O)COc1ccc(Cl)cc1)OCO2. The summed E-state index contributed by atoms with van der Waals surface area (Å²) in [6, 6.07) is 9.42. The highest BCUT2D eigenvalue weighted by Crippen LogP contribution is 2.37. The van der Waals surface area contributed by atoms with Gasteiger partial charge in [-0.3, -0.25) is 9.59 Å². The van der Waals surface area contributed by atoms with E-state index >= 15 is 0 Å². The number of ether oxygens (including phenoxy) is 4. The fourth-order valence-electron chi connectivity index (χ4n) is 2.38. The highest BCUT2D eigenvalue weighted by atomic mass is 35.5. The molecule has 9 heteroatoms. The van der Waals surface area contributed by atoms with Crippen LogP contribution in [0.3, 0.4) is 0 Å². The van der Waals surface area contributed by atoms with E-state index in [0.29, 0.717) is 22.3 Å². The highest BCUT2D eigenvalue weighted by Gasteiger charge is 2.20. The lowest BCUT2D eigenvalue weighted by atomic mass is 10.1. The van der Waals surface area contributed by atoms with Crippen molar-refractivity contribution in [2.24, 2.45) is 0 Å². The molecule has 0 saturated heterocycles. The van der Waals surface area contributed by atoms with E-state index in [1.807, 2.05) is 0 Å². The lowest BCUT2D eigenvalue weighted by Crippen LogP contribution is -2.24. The number of fused-ring (bicyclic) bond motifs is 1. The third-order valence-corrected chi connectivity index (χ3v) is 3.95. The Hall–Kier alpha value is -3.26. The van der Waals surface area contributed by atoms with Crippen LogP contribution < -0.4 is 19.5 Å². The first-order valence-corrected chi connectivity index (χ1v) is 8.58. The van der Waals surface area contributed by atoms with E-state index in [1.165, 1.54) is 19.1 Å². The number of Topliss-reactive ketones (excluding diaryl/α,β-unsaturated/α-hetero) is 1. The minimum Gasteiger partial charge on any atom is -0.482 e. The van der Waals surface area contributed by atoms with E-state index in [1.54, 1.807) is 24.3 Å². The van der Waals surface area contributed by atoms with E-state index in [0.717, 1.165) is 0 Å². The summed E-state index contributed by atoms with van der Waals surface area (Å²) in [5, 5.41) is 3.07. The second-order valence-electron chi connectivity index (χ2n) is 5.76. The van der Waals surface area contributed by atoms with E-state index in [9.17, 15) is 14.4 Å². The van der Waals surface area contributed by atoms with Crippen molar-refractivity contribution in [2.45, 2.75) is 6.92 Å². The van der Waals surface area contributed by atoms with Crippen LogP contribution in [0.4, 0.5) is 5.69 Å². The molecular weight excluding hydrogens is 390 g/mol. The number of hydrogen-bond acceptors (Lipinski definition) is 7. The van der Waals surface area contributed by atoms with Crippen molar-refractivity contribution in [1.82, 2.24) is 0 Å². The van der Waals surface area contributed by atoms with Gasteiger partial charge in [-0.2, -0.15) is 0 Å². The van der Waals surface area contributed by atoms with Gasteiger partial charge in [-0.15, -0.1) is 0 Å². The summed E-state index contributed by atoms with van der Waals surface area (Å²) in [5.74, 6) is -0.314. The Morgan fingerprint density at radius 2 is 1.75 bits per heavy atom. The highest BCUT2D eigenvalue weighted by molar-refractivity contribution is 6.30. The molecule has 0 spiro atoms. The number of hydrogen-bond donors (Lipinski definition) is 1. The first-order chi connectivity index (χ1) is 13.4. The molecular formula is C19H16ClNO7. The lowest BCUT2D eigenvalue weighted by molar-refractivity contribution is -0.149. The first kappa shape index (κ1) is 19.5. The molecule has 1 N–H and O–H groups in total. The molecule has 1 aliphatic rings. The van der Waals surface area contributed by atoms with Crippen LogP contribution in [0.2, 0.25) is 5.02 Å². The van der Waals surface area contributed by atoms with E-state index in [2.05, 4.69) is 5.32 Å². The fraction of sp³-hybridized carbons (Fsp3) is 0.211. The van der Waals surface area contributed by atoms with Crippen molar-refractivity contribution in [1.29, 1.82) is 0 Å². The molecule has 0 aliphatic carbocycles. The van der Waals surface area contributed by atoms with Gasteiger partial charge in [0, 0.05) is 16.7 Å². The third kappa shape index (κ3) is 4.92. The normalized spacial score (nSPS) is 11.6. The first-order valence-electron chi connectivity index (χ1n) is 8.21. The molecule has 146 valence electrons. The number of halogens is 1. The molecule has 2 aromatic carbocycles. The lowest BCUT2D eigenvalue weighted by Gasteiger charge is -2.11. The van der Waals surface area contributed by atoms with Gasteiger partial charge in [0.1, 0.15) is 5.75 Å². The Morgan fingerprint density at radius 3 is 2.43 bits per heavy atom. The summed E-state index contributed by atoms with van der Waals surface area (Å²) in [6.45, 7) is 0.503. The minimum atomic E-state index is -0.720. The summed E-state index contributed by atoms with van der Waals surface area (Å²) >= 11 is 5.76. The van der Waals surface area contributed by atoms with Crippen molar-refractivity contribution < 1.29 is 33.3 Å². The zero-order valence-electron chi connectivity index (χ0n) is 14.8. The molecule has 1 heterocycles. The standard InChI is InChI=1S/C19H16ClNO7/c1-11(22)14-6-16-17(28-10-27-16)7-15(14)21-18(23)8-26-19(24)9-25-13-4-2-12(20)3-5-13/h2-7H,8-10H2,1H3,(H,21,23). The van der Waals surface area contributed by atoms with Crippen molar-refractivity contribution in [3.8, 4) is 17.2 Å². The van der Waals surface area contributed by atoms with E-state index in [-0.39, 0.29) is 30.4 Å². The summed E-state index contributed by atoms with van der Waals surface area (Å²) in [5.41, 5.74) is 0.505. The van der Waals surface area contributed by atoms with Crippen LogP contribution in [0.15, 0.2) is 36.4 Å². The van der Waals surface area contributed by atoms with Crippen LogP contribution in [-0.4, -0.2) is 37.7 Å². The molecule has 0 bridgehead atoms. The Labute approximate surface area is 165 Å². The predicted molar refractivity (Wildman–Crippen MR) is 99.1 cm³/mol. The molecule has 2 aromatic rings. The average molecular weight is 406 g/mol. The fourth-order valence-corrected chi connectivity index (χ4v) is 2.51. The molecule has 1 aliphatic heterocycles. The number of carbonyl (C=O) groups is 3. The summed E-state index contributed by atoms with van der Waals surface area (Å²) in [7, 11) is 0. The van der Waals surface area contributed by atoms with Crippen LogP contribution in [0, 0.1) is 0 Å². The molecule has 1 amide bonds. The number of benzene rings is 2. The molecule has 0 atom stereocenters. The smallest absolute Gasteiger partial charge is 0.344 e. The number of rotatable bonds is 7. The predicted octanol–water partition coefficient (Wildman–Crippen LogP) is 2.83. The number of ketones is 1. The zero-order chi connectivity index (χ0) is 20.1. The summed E-state index contributed by atoms with van der Waals surface area (Å²) in [6.07, 6.45) is 0. The number of amides is 1.